The molecule has 104 valence electrons. The smallest absolute Gasteiger partial charge is 0.339 e. The molecule has 0 radical (unpaired) electrons. The number of carboxylic acids is 1. The Morgan fingerprint density at radius 2 is 2.11 bits per heavy atom. The molecule has 1 aromatic rings. The van der Waals surface area contributed by atoms with Gasteiger partial charge in [0.25, 0.3) is 0 Å². The fourth-order valence-corrected chi connectivity index (χ4v) is 2.97. The minimum absolute atomic E-state index is 0.318. The topological polar surface area (TPSA) is 53.4 Å². The van der Waals surface area contributed by atoms with E-state index in [1.807, 2.05) is 13.0 Å². The number of anilines is 1. The second-order valence-corrected chi connectivity index (χ2v) is 5.23. The summed E-state index contributed by atoms with van der Waals surface area (Å²) in [6.07, 6.45) is 7.59. The van der Waals surface area contributed by atoms with Gasteiger partial charge < -0.3 is 10.0 Å². The number of carbonyl (C=O) groups is 1. The van der Waals surface area contributed by atoms with Crippen LogP contribution in [0.4, 0.5) is 5.69 Å². The summed E-state index contributed by atoms with van der Waals surface area (Å²) in [4.78, 5) is 17.7. The lowest BCUT2D eigenvalue weighted by Crippen LogP contribution is -2.37. The van der Waals surface area contributed by atoms with Crippen molar-refractivity contribution in [3.8, 4) is 0 Å². The molecular formula is C15H22N2O2. The standard InChI is InChI=1S/C15H22N2O2/c1-3-17(12-7-5-4-6-8-12)14-9-11(2)16-10-13(14)15(18)19/h9-10,12H,3-8H2,1-2H3,(H,18,19). The Bertz CT molecular complexity index is 453. The number of rotatable bonds is 4. The van der Waals surface area contributed by atoms with E-state index in [1.54, 1.807) is 0 Å². The van der Waals surface area contributed by atoms with E-state index in [4.69, 9.17) is 0 Å². The maximum Gasteiger partial charge on any atom is 0.339 e. The second kappa shape index (κ2) is 6.04. The monoisotopic (exact) mass is 262 g/mol. The summed E-state index contributed by atoms with van der Waals surface area (Å²) >= 11 is 0. The van der Waals surface area contributed by atoms with Crippen molar-refractivity contribution in [2.45, 2.75) is 52.0 Å². The number of pyridine rings is 1. The molecule has 0 aromatic carbocycles. The van der Waals surface area contributed by atoms with E-state index in [0.29, 0.717) is 11.6 Å². The van der Waals surface area contributed by atoms with Crippen LogP contribution in [-0.4, -0.2) is 28.6 Å². The highest BCUT2D eigenvalue weighted by Crippen LogP contribution is 2.29. The summed E-state index contributed by atoms with van der Waals surface area (Å²) in [6.45, 7) is 4.84. The van der Waals surface area contributed by atoms with Crippen LogP contribution in [0.5, 0.6) is 0 Å². The number of aryl methyl sites for hydroxylation is 1. The first kappa shape index (κ1) is 13.8. The number of nitrogens with zero attached hydrogens (tertiary/aromatic N) is 2. The van der Waals surface area contributed by atoms with E-state index < -0.39 is 5.97 Å². The molecule has 0 atom stereocenters. The first-order valence-corrected chi connectivity index (χ1v) is 7.10. The maximum absolute atomic E-state index is 11.4. The van der Waals surface area contributed by atoms with Gasteiger partial charge in [-0.3, -0.25) is 4.98 Å². The Hall–Kier alpha value is -1.58. The van der Waals surface area contributed by atoms with Crippen molar-refractivity contribution < 1.29 is 9.90 Å². The lowest BCUT2D eigenvalue weighted by Gasteiger charge is -2.36. The average molecular weight is 262 g/mol. The first-order valence-electron chi connectivity index (χ1n) is 7.10. The maximum atomic E-state index is 11.4. The largest absolute Gasteiger partial charge is 0.478 e. The molecule has 19 heavy (non-hydrogen) atoms. The molecule has 0 spiro atoms. The van der Waals surface area contributed by atoms with Gasteiger partial charge >= 0.3 is 5.97 Å². The van der Waals surface area contributed by atoms with Crippen molar-refractivity contribution in [2.75, 3.05) is 11.4 Å². The lowest BCUT2D eigenvalue weighted by molar-refractivity contribution is 0.0697. The van der Waals surface area contributed by atoms with E-state index in [1.165, 1.54) is 25.5 Å². The molecular weight excluding hydrogens is 240 g/mol. The highest BCUT2D eigenvalue weighted by molar-refractivity contribution is 5.94. The Kier molecular flexibility index (Phi) is 4.40. The van der Waals surface area contributed by atoms with E-state index in [0.717, 1.165) is 30.8 Å². The van der Waals surface area contributed by atoms with Gasteiger partial charge in [-0.15, -0.1) is 0 Å². The van der Waals surface area contributed by atoms with Crippen molar-refractivity contribution in [3.63, 3.8) is 0 Å². The third kappa shape index (κ3) is 3.06. The number of aromatic nitrogens is 1. The highest BCUT2D eigenvalue weighted by atomic mass is 16.4. The molecule has 0 aliphatic heterocycles. The molecule has 2 rings (SSSR count). The second-order valence-electron chi connectivity index (χ2n) is 5.23. The molecule has 1 fully saturated rings. The van der Waals surface area contributed by atoms with Gasteiger partial charge in [-0.2, -0.15) is 0 Å². The molecule has 1 aliphatic rings. The van der Waals surface area contributed by atoms with Crippen molar-refractivity contribution in [1.82, 2.24) is 4.98 Å². The minimum atomic E-state index is -0.892. The van der Waals surface area contributed by atoms with Crippen LogP contribution in [-0.2, 0) is 0 Å². The normalized spacial score (nSPS) is 16.3. The van der Waals surface area contributed by atoms with Gasteiger partial charge in [0.15, 0.2) is 0 Å². The van der Waals surface area contributed by atoms with Crippen molar-refractivity contribution in [1.29, 1.82) is 0 Å². The molecule has 1 heterocycles. The van der Waals surface area contributed by atoms with Gasteiger partial charge in [-0.25, -0.2) is 4.79 Å². The van der Waals surface area contributed by atoms with E-state index in [-0.39, 0.29) is 0 Å². The third-order valence-electron chi connectivity index (χ3n) is 3.91. The molecule has 4 nitrogen and oxygen atoms in total. The van der Waals surface area contributed by atoms with Gasteiger partial charge in [-0.05, 0) is 32.8 Å². The fraction of sp³-hybridized carbons (Fsp3) is 0.600. The molecule has 1 aliphatic carbocycles. The molecule has 0 bridgehead atoms. The SMILES string of the molecule is CCN(c1cc(C)ncc1C(=O)O)C1CCCCC1. The van der Waals surface area contributed by atoms with Gasteiger partial charge in [0.05, 0.1) is 5.69 Å². The molecule has 0 amide bonds. The van der Waals surface area contributed by atoms with E-state index in [2.05, 4.69) is 16.8 Å². The van der Waals surface area contributed by atoms with Crippen LogP contribution < -0.4 is 4.90 Å². The predicted octanol–water partition coefficient (Wildman–Crippen LogP) is 3.25. The van der Waals surface area contributed by atoms with Crippen LogP contribution in [0.1, 0.15) is 55.1 Å². The van der Waals surface area contributed by atoms with E-state index >= 15 is 0 Å². The Labute approximate surface area is 114 Å². The van der Waals surface area contributed by atoms with Crippen molar-refractivity contribution >= 4 is 11.7 Å². The van der Waals surface area contributed by atoms with Crippen LogP contribution in [0.2, 0.25) is 0 Å². The zero-order valence-electron chi connectivity index (χ0n) is 11.7. The van der Waals surface area contributed by atoms with Gasteiger partial charge in [-0.1, -0.05) is 19.3 Å². The molecule has 4 heteroatoms. The zero-order chi connectivity index (χ0) is 13.8. The van der Waals surface area contributed by atoms with Crippen LogP contribution in [0.15, 0.2) is 12.3 Å². The molecule has 1 N–H and O–H groups in total. The van der Waals surface area contributed by atoms with Crippen molar-refractivity contribution in [3.05, 3.63) is 23.5 Å². The summed E-state index contributed by atoms with van der Waals surface area (Å²) in [5, 5.41) is 9.33. The summed E-state index contributed by atoms with van der Waals surface area (Å²) < 4.78 is 0. The minimum Gasteiger partial charge on any atom is -0.478 e. The van der Waals surface area contributed by atoms with Crippen LogP contribution >= 0.6 is 0 Å². The lowest BCUT2D eigenvalue weighted by atomic mass is 9.93. The number of hydrogen-bond donors (Lipinski definition) is 1. The van der Waals surface area contributed by atoms with E-state index in [9.17, 15) is 9.90 Å². The number of carboxylic acid groups (broad SMARTS) is 1. The Morgan fingerprint density at radius 1 is 1.42 bits per heavy atom. The predicted molar refractivity (Wildman–Crippen MR) is 75.8 cm³/mol. The average Bonchev–Trinajstić information content (AvgIpc) is 2.40. The summed E-state index contributed by atoms with van der Waals surface area (Å²) in [6, 6.07) is 2.38. The Balaban J connectivity index is 2.35. The van der Waals surface area contributed by atoms with Gasteiger partial charge in [0.1, 0.15) is 5.56 Å². The Morgan fingerprint density at radius 3 is 2.68 bits per heavy atom. The van der Waals surface area contributed by atoms with Crippen LogP contribution in [0.3, 0.4) is 0 Å². The first-order chi connectivity index (χ1) is 9.13. The number of aromatic carboxylic acids is 1. The van der Waals surface area contributed by atoms with Crippen LogP contribution in [0, 0.1) is 6.92 Å². The van der Waals surface area contributed by atoms with Gasteiger partial charge in [0, 0.05) is 24.5 Å². The van der Waals surface area contributed by atoms with Gasteiger partial charge in [0.2, 0.25) is 0 Å². The fourth-order valence-electron chi connectivity index (χ4n) is 2.97. The summed E-state index contributed by atoms with van der Waals surface area (Å²) in [5.41, 5.74) is 2.02. The quantitative estimate of drug-likeness (QED) is 0.905. The zero-order valence-corrected chi connectivity index (χ0v) is 11.7. The summed E-state index contributed by atoms with van der Waals surface area (Å²) in [5.74, 6) is -0.892. The summed E-state index contributed by atoms with van der Waals surface area (Å²) in [7, 11) is 0. The molecule has 0 unspecified atom stereocenters. The molecule has 0 saturated heterocycles. The molecule has 1 aromatic heterocycles. The number of hydrogen-bond acceptors (Lipinski definition) is 3. The highest BCUT2D eigenvalue weighted by Gasteiger charge is 2.24. The molecule has 1 saturated carbocycles. The van der Waals surface area contributed by atoms with Crippen LogP contribution in [0.25, 0.3) is 0 Å². The van der Waals surface area contributed by atoms with Crippen molar-refractivity contribution in [2.24, 2.45) is 0 Å². The third-order valence-corrected chi connectivity index (χ3v) is 3.91.